The Morgan fingerprint density at radius 3 is 3.00 bits per heavy atom. The summed E-state index contributed by atoms with van der Waals surface area (Å²) in [4.78, 5) is 4.90. The number of aromatic nitrogens is 2. The molecular weight excluding hydrogens is 304 g/mol. The van der Waals surface area contributed by atoms with Crippen molar-refractivity contribution in [3.63, 3.8) is 0 Å². The van der Waals surface area contributed by atoms with Crippen LogP contribution in [0, 0.1) is 0 Å². The van der Waals surface area contributed by atoms with Crippen molar-refractivity contribution in [1.82, 2.24) is 9.55 Å². The van der Waals surface area contributed by atoms with Crippen LogP contribution in [0.2, 0.25) is 0 Å². The molecule has 2 unspecified atom stereocenters. The number of allylic oxidation sites excluding steroid dienone is 3. The second kappa shape index (κ2) is 5.54. The molecule has 2 aromatic rings. The molecule has 2 nitrogen and oxygen atoms in total. The predicted octanol–water partition coefficient (Wildman–Crippen LogP) is 5.78. The average Bonchev–Trinajstić information content (AvgIpc) is 2.93. The van der Waals surface area contributed by atoms with Gasteiger partial charge in [0.25, 0.3) is 0 Å². The van der Waals surface area contributed by atoms with Gasteiger partial charge < -0.3 is 4.57 Å². The number of benzene rings is 1. The first-order valence-corrected chi connectivity index (χ1v) is 8.43. The predicted molar refractivity (Wildman–Crippen MR) is 97.4 cm³/mol. The summed E-state index contributed by atoms with van der Waals surface area (Å²) >= 11 is 6.11. The van der Waals surface area contributed by atoms with Gasteiger partial charge in [-0.25, -0.2) is 4.98 Å². The van der Waals surface area contributed by atoms with E-state index < -0.39 is 0 Å². The molecule has 2 heterocycles. The highest BCUT2D eigenvalue weighted by molar-refractivity contribution is 6.31. The molecule has 2 aliphatic rings. The lowest BCUT2D eigenvalue weighted by atomic mass is 9.79. The summed E-state index contributed by atoms with van der Waals surface area (Å²) < 4.78 is 2.37. The Kier molecular flexibility index (Phi) is 3.50. The largest absolute Gasteiger partial charge is 0.320 e. The van der Waals surface area contributed by atoms with Gasteiger partial charge in [-0.3, -0.25) is 0 Å². The maximum Gasteiger partial charge on any atom is 0.141 e. The van der Waals surface area contributed by atoms with Crippen LogP contribution in [0.15, 0.2) is 48.0 Å². The molecule has 2 atom stereocenters. The van der Waals surface area contributed by atoms with Crippen LogP contribution in [-0.2, 0) is 0 Å². The number of imidazole rings is 1. The van der Waals surface area contributed by atoms with Gasteiger partial charge in [0.2, 0.25) is 0 Å². The molecule has 0 N–H and O–H groups in total. The smallest absolute Gasteiger partial charge is 0.141 e. The fourth-order valence-electron chi connectivity index (χ4n) is 3.90. The van der Waals surface area contributed by atoms with Gasteiger partial charge in [-0.05, 0) is 37.5 Å². The third-order valence-corrected chi connectivity index (χ3v) is 4.89. The van der Waals surface area contributed by atoms with Crippen molar-refractivity contribution in [2.24, 2.45) is 0 Å². The van der Waals surface area contributed by atoms with Crippen LogP contribution in [0.25, 0.3) is 23.5 Å². The van der Waals surface area contributed by atoms with E-state index in [1.807, 2.05) is 19.1 Å². The minimum Gasteiger partial charge on any atom is -0.320 e. The molecule has 0 fully saturated rings. The van der Waals surface area contributed by atoms with Crippen molar-refractivity contribution in [3.05, 3.63) is 65.0 Å². The maximum atomic E-state index is 6.11. The maximum absolute atomic E-state index is 6.11. The molecule has 4 rings (SSSR count). The van der Waals surface area contributed by atoms with Crippen molar-refractivity contribution in [2.45, 2.75) is 31.7 Å². The van der Waals surface area contributed by atoms with E-state index in [1.165, 1.54) is 11.1 Å². The molecule has 0 radical (unpaired) electrons. The lowest BCUT2D eigenvalue weighted by Gasteiger charge is -2.36. The molecule has 0 saturated carbocycles. The Hall–Kier alpha value is -2.06. The number of fused-ring (bicyclic) bond motifs is 6. The fraction of sp³-hybridized carbons (Fsp3) is 0.250. The van der Waals surface area contributed by atoms with E-state index in [2.05, 4.69) is 47.6 Å². The molecule has 0 amide bonds. The van der Waals surface area contributed by atoms with E-state index >= 15 is 0 Å². The molecular formula is C20H19ClN2. The number of rotatable bonds is 2. The van der Waals surface area contributed by atoms with Gasteiger partial charge in [-0.15, -0.1) is 0 Å². The summed E-state index contributed by atoms with van der Waals surface area (Å²) in [5.74, 6) is 1.45. The van der Waals surface area contributed by atoms with Gasteiger partial charge in [-0.1, -0.05) is 54.6 Å². The van der Waals surface area contributed by atoms with Gasteiger partial charge in [0.1, 0.15) is 5.82 Å². The summed E-state index contributed by atoms with van der Waals surface area (Å²) in [6, 6.07) is 9.01. The van der Waals surface area contributed by atoms with Gasteiger partial charge in [0.15, 0.2) is 0 Å². The van der Waals surface area contributed by atoms with Crippen LogP contribution in [0.3, 0.4) is 0 Å². The molecule has 1 aliphatic heterocycles. The van der Waals surface area contributed by atoms with Gasteiger partial charge in [-0.2, -0.15) is 0 Å². The summed E-state index contributed by atoms with van der Waals surface area (Å²) in [5.41, 5.74) is 4.57. The molecule has 0 saturated heterocycles. The SMILES string of the molecule is C=Cc1c(/C=C(\C)Cl)nc2n1C1CCC=CC1c1ccccc1-2. The molecule has 116 valence electrons. The standard InChI is InChI=1S/C20H19ClN2/c1-3-18-17(12-13(2)21)22-20-16-10-5-4-8-14(16)15-9-6-7-11-19(15)23(18)20/h3-6,8-10,12,15,19H,1,7,11H2,2H3/b13-12+. The zero-order valence-electron chi connectivity index (χ0n) is 13.2. The average molecular weight is 323 g/mol. The summed E-state index contributed by atoms with van der Waals surface area (Å²) in [6.45, 7) is 5.90. The van der Waals surface area contributed by atoms with Crippen LogP contribution >= 0.6 is 11.6 Å². The van der Waals surface area contributed by atoms with Crippen LogP contribution in [0.5, 0.6) is 0 Å². The quantitative estimate of drug-likeness (QED) is 0.641. The third kappa shape index (κ3) is 2.21. The number of halogens is 1. The van der Waals surface area contributed by atoms with Crippen LogP contribution in [0.1, 0.15) is 48.7 Å². The number of hydrogen-bond donors (Lipinski definition) is 0. The Morgan fingerprint density at radius 1 is 1.39 bits per heavy atom. The third-order valence-electron chi connectivity index (χ3n) is 4.78. The van der Waals surface area contributed by atoms with Crippen LogP contribution < -0.4 is 0 Å². The van der Waals surface area contributed by atoms with Crippen molar-refractivity contribution in [2.75, 3.05) is 0 Å². The zero-order chi connectivity index (χ0) is 16.0. The van der Waals surface area contributed by atoms with Gasteiger partial charge in [0.05, 0.1) is 11.4 Å². The fourth-order valence-corrected chi connectivity index (χ4v) is 4.00. The Bertz CT molecular complexity index is 837. The lowest BCUT2D eigenvalue weighted by Crippen LogP contribution is -2.25. The first-order chi connectivity index (χ1) is 11.2. The van der Waals surface area contributed by atoms with E-state index in [-0.39, 0.29) is 0 Å². The van der Waals surface area contributed by atoms with Crippen molar-refractivity contribution < 1.29 is 0 Å². The van der Waals surface area contributed by atoms with E-state index in [1.54, 1.807) is 0 Å². The molecule has 1 aromatic carbocycles. The molecule has 1 aliphatic carbocycles. The second-order valence-electron chi connectivity index (χ2n) is 6.20. The number of hydrogen-bond acceptors (Lipinski definition) is 1. The summed E-state index contributed by atoms with van der Waals surface area (Å²) in [6.07, 6.45) is 10.7. The minimum atomic E-state index is 0.406. The first kappa shape index (κ1) is 14.5. The lowest BCUT2D eigenvalue weighted by molar-refractivity contribution is 0.408. The van der Waals surface area contributed by atoms with Crippen LogP contribution in [-0.4, -0.2) is 9.55 Å². The Morgan fingerprint density at radius 2 is 2.22 bits per heavy atom. The summed E-state index contributed by atoms with van der Waals surface area (Å²) in [5, 5.41) is 0.733. The van der Waals surface area contributed by atoms with Crippen molar-refractivity contribution >= 4 is 23.8 Å². The van der Waals surface area contributed by atoms with Gasteiger partial charge in [0, 0.05) is 22.6 Å². The topological polar surface area (TPSA) is 17.8 Å². The van der Waals surface area contributed by atoms with E-state index in [4.69, 9.17) is 16.6 Å². The van der Waals surface area contributed by atoms with E-state index in [9.17, 15) is 0 Å². The number of nitrogens with zero attached hydrogens (tertiary/aromatic N) is 2. The Balaban J connectivity index is 2.03. The van der Waals surface area contributed by atoms with E-state index in [0.29, 0.717) is 12.0 Å². The van der Waals surface area contributed by atoms with Crippen molar-refractivity contribution in [3.8, 4) is 11.4 Å². The highest BCUT2D eigenvalue weighted by Gasteiger charge is 2.35. The summed E-state index contributed by atoms with van der Waals surface area (Å²) in [7, 11) is 0. The Labute approximate surface area is 141 Å². The van der Waals surface area contributed by atoms with Gasteiger partial charge >= 0.3 is 0 Å². The zero-order valence-corrected chi connectivity index (χ0v) is 13.9. The molecule has 1 aromatic heterocycles. The molecule has 3 heteroatoms. The molecule has 0 spiro atoms. The second-order valence-corrected chi connectivity index (χ2v) is 6.79. The highest BCUT2D eigenvalue weighted by Crippen LogP contribution is 2.48. The molecule has 23 heavy (non-hydrogen) atoms. The van der Waals surface area contributed by atoms with Crippen molar-refractivity contribution in [1.29, 1.82) is 0 Å². The van der Waals surface area contributed by atoms with Crippen LogP contribution in [0.4, 0.5) is 0 Å². The molecule has 0 bridgehead atoms. The normalized spacial score (nSPS) is 22.3. The highest BCUT2D eigenvalue weighted by atomic mass is 35.5. The monoisotopic (exact) mass is 322 g/mol. The first-order valence-electron chi connectivity index (χ1n) is 8.05. The van der Waals surface area contributed by atoms with E-state index in [0.717, 1.165) is 35.1 Å². The minimum absolute atomic E-state index is 0.406.